The maximum Gasteiger partial charge on any atom is 0.231 e. The third-order valence-electron chi connectivity index (χ3n) is 2.53. The van der Waals surface area contributed by atoms with Crippen molar-refractivity contribution in [1.29, 1.82) is 0 Å². The summed E-state index contributed by atoms with van der Waals surface area (Å²) in [7, 11) is 0. The molecule has 3 heteroatoms. The van der Waals surface area contributed by atoms with Gasteiger partial charge in [0.15, 0.2) is 17.3 Å². The molecule has 0 aromatic heterocycles. The van der Waals surface area contributed by atoms with Gasteiger partial charge in [0.05, 0.1) is 0 Å². The molecule has 0 fully saturated rings. The van der Waals surface area contributed by atoms with Gasteiger partial charge < -0.3 is 9.47 Å². The van der Waals surface area contributed by atoms with E-state index in [0.717, 1.165) is 22.6 Å². The second kappa shape index (κ2) is 3.57. The van der Waals surface area contributed by atoms with Crippen LogP contribution in [0.4, 0.5) is 0 Å². The average molecular weight is 206 g/mol. The number of fused-ring (bicyclic) bond motifs is 1. The molecule has 0 saturated carbocycles. The van der Waals surface area contributed by atoms with Crippen LogP contribution in [0.2, 0.25) is 0 Å². The second-order valence-electron chi connectivity index (χ2n) is 3.97. The number of ketones is 1. The van der Waals surface area contributed by atoms with Crippen LogP contribution in [0, 0.1) is 0 Å². The fourth-order valence-electron chi connectivity index (χ4n) is 1.87. The zero-order valence-electron chi connectivity index (χ0n) is 9.16. The van der Waals surface area contributed by atoms with Gasteiger partial charge in [-0.25, -0.2) is 0 Å². The lowest BCUT2D eigenvalue weighted by molar-refractivity contribution is 0.101. The molecule has 1 heterocycles. The molecule has 1 aromatic rings. The van der Waals surface area contributed by atoms with Crippen molar-refractivity contribution in [3.63, 3.8) is 0 Å². The largest absolute Gasteiger partial charge is 0.454 e. The maximum atomic E-state index is 11.5. The Hall–Kier alpha value is -1.51. The van der Waals surface area contributed by atoms with Gasteiger partial charge in [-0.2, -0.15) is 0 Å². The molecular formula is C12H14O3. The highest BCUT2D eigenvalue weighted by Gasteiger charge is 2.23. The Morgan fingerprint density at radius 1 is 1.33 bits per heavy atom. The number of carbonyl (C=O) groups is 1. The number of hydrogen-bond acceptors (Lipinski definition) is 3. The van der Waals surface area contributed by atoms with Crippen molar-refractivity contribution in [2.24, 2.45) is 0 Å². The van der Waals surface area contributed by atoms with E-state index in [9.17, 15) is 4.79 Å². The minimum absolute atomic E-state index is 0.0667. The lowest BCUT2D eigenvalue weighted by atomic mass is 9.94. The fourth-order valence-corrected chi connectivity index (χ4v) is 1.87. The zero-order chi connectivity index (χ0) is 11.0. The van der Waals surface area contributed by atoms with Crippen molar-refractivity contribution in [3.05, 3.63) is 23.3 Å². The van der Waals surface area contributed by atoms with Crippen molar-refractivity contribution in [3.8, 4) is 11.5 Å². The van der Waals surface area contributed by atoms with Crippen LogP contribution in [-0.4, -0.2) is 12.6 Å². The summed E-state index contributed by atoms with van der Waals surface area (Å²) >= 11 is 0. The average Bonchev–Trinajstić information content (AvgIpc) is 2.62. The molecule has 15 heavy (non-hydrogen) atoms. The van der Waals surface area contributed by atoms with Gasteiger partial charge in [-0.15, -0.1) is 0 Å². The van der Waals surface area contributed by atoms with Crippen LogP contribution in [0.25, 0.3) is 0 Å². The van der Waals surface area contributed by atoms with E-state index >= 15 is 0 Å². The van der Waals surface area contributed by atoms with Gasteiger partial charge in [0.1, 0.15) is 0 Å². The van der Waals surface area contributed by atoms with E-state index in [2.05, 4.69) is 0 Å². The van der Waals surface area contributed by atoms with Crippen LogP contribution in [0.5, 0.6) is 11.5 Å². The highest BCUT2D eigenvalue weighted by molar-refractivity contribution is 5.96. The van der Waals surface area contributed by atoms with E-state index in [1.54, 1.807) is 13.0 Å². The van der Waals surface area contributed by atoms with Crippen molar-refractivity contribution in [1.82, 2.24) is 0 Å². The normalized spacial score (nSPS) is 13.3. The third-order valence-corrected chi connectivity index (χ3v) is 2.53. The zero-order valence-corrected chi connectivity index (χ0v) is 9.16. The predicted octanol–water partition coefficient (Wildman–Crippen LogP) is 2.74. The second-order valence-corrected chi connectivity index (χ2v) is 3.97. The van der Waals surface area contributed by atoms with Gasteiger partial charge in [-0.3, -0.25) is 4.79 Å². The molecule has 1 aromatic carbocycles. The summed E-state index contributed by atoms with van der Waals surface area (Å²) in [4.78, 5) is 11.5. The van der Waals surface area contributed by atoms with Gasteiger partial charge in [-0.1, -0.05) is 13.8 Å². The monoisotopic (exact) mass is 206 g/mol. The van der Waals surface area contributed by atoms with E-state index in [1.807, 2.05) is 19.9 Å². The van der Waals surface area contributed by atoms with Crippen molar-refractivity contribution in [2.75, 3.05) is 6.79 Å². The van der Waals surface area contributed by atoms with Crippen LogP contribution in [0.3, 0.4) is 0 Å². The first-order valence-corrected chi connectivity index (χ1v) is 5.04. The van der Waals surface area contributed by atoms with Crippen molar-refractivity contribution >= 4 is 5.78 Å². The molecule has 2 rings (SSSR count). The van der Waals surface area contributed by atoms with Crippen molar-refractivity contribution in [2.45, 2.75) is 26.7 Å². The van der Waals surface area contributed by atoms with Crippen LogP contribution in [0.15, 0.2) is 12.1 Å². The maximum absolute atomic E-state index is 11.5. The lowest BCUT2D eigenvalue weighted by Crippen LogP contribution is -2.03. The smallest absolute Gasteiger partial charge is 0.231 e. The first kappa shape index (κ1) is 10.0. The summed E-state index contributed by atoms with van der Waals surface area (Å²) < 4.78 is 10.7. The van der Waals surface area contributed by atoms with Gasteiger partial charge in [-0.05, 0) is 25.0 Å². The van der Waals surface area contributed by atoms with E-state index in [4.69, 9.17) is 9.47 Å². The standard InChI is InChI=1S/C12H14O3/c1-7(2)11-9(8(3)13)4-5-10-12(11)15-6-14-10/h4-5,7H,6H2,1-3H3. The molecule has 0 spiro atoms. The Bertz CT molecular complexity index is 408. The minimum atomic E-state index is 0.0667. The number of Topliss-reactive ketones (excluding diaryl/α,β-unsaturated/α-hetero) is 1. The van der Waals surface area contributed by atoms with Gasteiger partial charge in [0, 0.05) is 11.1 Å². The molecule has 0 bridgehead atoms. The molecule has 0 radical (unpaired) electrons. The summed E-state index contributed by atoms with van der Waals surface area (Å²) in [5.74, 6) is 1.79. The molecule has 0 atom stereocenters. The highest BCUT2D eigenvalue weighted by atomic mass is 16.7. The molecule has 80 valence electrons. The molecule has 0 amide bonds. The van der Waals surface area contributed by atoms with Gasteiger partial charge >= 0.3 is 0 Å². The Morgan fingerprint density at radius 3 is 2.67 bits per heavy atom. The summed E-state index contributed by atoms with van der Waals surface area (Å²) in [6, 6.07) is 3.61. The third kappa shape index (κ3) is 1.58. The Balaban J connectivity index is 2.63. The van der Waals surface area contributed by atoms with Crippen molar-refractivity contribution < 1.29 is 14.3 Å². The highest BCUT2D eigenvalue weighted by Crippen LogP contribution is 2.41. The predicted molar refractivity (Wildman–Crippen MR) is 56.7 cm³/mol. The SMILES string of the molecule is CC(=O)c1ccc2c(c1C(C)C)OCO2. The molecule has 1 aliphatic rings. The van der Waals surface area contributed by atoms with E-state index in [-0.39, 0.29) is 18.5 Å². The van der Waals surface area contributed by atoms with E-state index in [1.165, 1.54) is 0 Å². The molecular weight excluding hydrogens is 192 g/mol. The first-order chi connectivity index (χ1) is 7.11. The van der Waals surface area contributed by atoms with Crippen LogP contribution in [0.1, 0.15) is 42.6 Å². The quantitative estimate of drug-likeness (QED) is 0.698. The molecule has 0 aliphatic carbocycles. The van der Waals surface area contributed by atoms with Crippen LogP contribution in [-0.2, 0) is 0 Å². The molecule has 1 aliphatic heterocycles. The topological polar surface area (TPSA) is 35.5 Å². The fraction of sp³-hybridized carbons (Fsp3) is 0.417. The Morgan fingerprint density at radius 2 is 2.07 bits per heavy atom. The molecule has 0 unspecified atom stereocenters. The number of ether oxygens (including phenoxy) is 2. The van der Waals surface area contributed by atoms with E-state index in [0.29, 0.717) is 0 Å². The molecule has 3 nitrogen and oxygen atoms in total. The number of carbonyl (C=O) groups excluding carboxylic acids is 1. The Labute approximate surface area is 89.0 Å². The van der Waals surface area contributed by atoms with Gasteiger partial charge in [0.25, 0.3) is 0 Å². The molecule has 0 saturated heterocycles. The summed E-state index contributed by atoms with van der Waals surface area (Å²) in [6.07, 6.45) is 0. The van der Waals surface area contributed by atoms with Gasteiger partial charge in [0.2, 0.25) is 6.79 Å². The minimum Gasteiger partial charge on any atom is -0.454 e. The van der Waals surface area contributed by atoms with Crippen LogP contribution >= 0.6 is 0 Å². The summed E-state index contributed by atoms with van der Waals surface area (Å²) in [5, 5.41) is 0. The Kier molecular flexibility index (Phi) is 2.39. The van der Waals surface area contributed by atoms with Crippen LogP contribution < -0.4 is 9.47 Å². The first-order valence-electron chi connectivity index (χ1n) is 5.04. The lowest BCUT2D eigenvalue weighted by Gasteiger charge is -2.13. The number of benzene rings is 1. The number of rotatable bonds is 2. The summed E-state index contributed by atoms with van der Waals surface area (Å²) in [5.41, 5.74) is 1.69. The number of hydrogen-bond donors (Lipinski definition) is 0. The summed E-state index contributed by atoms with van der Waals surface area (Å²) in [6.45, 7) is 5.91. The van der Waals surface area contributed by atoms with E-state index < -0.39 is 0 Å². The molecule has 0 N–H and O–H groups in total.